The lowest BCUT2D eigenvalue weighted by Crippen LogP contribution is -1.94. The van der Waals surface area contributed by atoms with Crippen molar-refractivity contribution in [3.63, 3.8) is 0 Å². The summed E-state index contributed by atoms with van der Waals surface area (Å²) in [5, 5.41) is 0. The predicted octanol–water partition coefficient (Wildman–Crippen LogP) is 3.82. The summed E-state index contributed by atoms with van der Waals surface area (Å²) >= 11 is 0. The van der Waals surface area contributed by atoms with Gasteiger partial charge >= 0.3 is 0 Å². The minimum atomic E-state index is -2.32. The molecule has 3 nitrogen and oxygen atoms in total. The minimum absolute atomic E-state index is 0.139. The van der Waals surface area contributed by atoms with Crippen molar-refractivity contribution in [2.24, 2.45) is 0 Å². The zero-order valence-corrected chi connectivity index (χ0v) is 11.0. The van der Waals surface area contributed by atoms with E-state index < -0.39 is 6.85 Å². The highest BCUT2D eigenvalue weighted by Crippen LogP contribution is 2.21. The topological polar surface area (TPSA) is 38.7 Å². The monoisotopic (exact) mass is 264 g/mol. The molecule has 0 amide bonds. The second-order valence-corrected chi connectivity index (χ2v) is 4.52. The van der Waals surface area contributed by atoms with Gasteiger partial charge in [0.15, 0.2) is 0 Å². The molecule has 0 aliphatic carbocycles. The molecule has 0 radical (unpaired) electrons. The van der Waals surface area contributed by atoms with E-state index in [4.69, 9.17) is 4.11 Å². The summed E-state index contributed by atoms with van der Waals surface area (Å²) in [5.74, 6) is -0.139. The molecular weight excluding hydrogens is 246 g/mol. The van der Waals surface area contributed by atoms with Gasteiger partial charge in [0.2, 0.25) is 0 Å². The highest BCUT2D eigenvalue weighted by atomic mass is 14.9. The zero-order chi connectivity index (χ0) is 16.4. The van der Waals surface area contributed by atoms with Crippen LogP contribution in [0, 0.1) is 13.8 Å². The molecule has 3 rings (SSSR count). The Morgan fingerprint density at radius 3 is 2.45 bits per heavy atom. The molecule has 2 heterocycles. The number of hydrogen-bond donors (Lipinski definition) is 0. The molecule has 0 fully saturated rings. The van der Waals surface area contributed by atoms with E-state index in [1.807, 2.05) is 42.5 Å². The summed E-state index contributed by atoms with van der Waals surface area (Å²) in [6.45, 7) is -0.565. The van der Waals surface area contributed by atoms with Crippen molar-refractivity contribution in [3.8, 4) is 22.5 Å². The highest BCUT2D eigenvalue weighted by molar-refractivity contribution is 5.64. The molecule has 0 saturated carbocycles. The summed E-state index contributed by atoms with van der Waals surface area (Å²) < 4.78 is 22.4. The van der Waals surface area contributed by atoms with Gasteiger partial charge in [0.1, 0.15) is 5.82 Å². The third-order valence-electron chi connectivity index (χ3n) is 2.98. The van der Waals surface area contributed by atoms with E-state index in [2.05, 4.69) is 15.0 Å². The maximum atomic E-state index is 7.47. The second kappa shape index (κ2) is 5.21. The fraction of sp³-hybridized carbons (Fsp3) is 0.118. The average molecular weight is 264 g/mol. The van der Waals surface area contributed by atoms with Crippen molar-refractivity contribution in [1.29, 1.82) is 0 Å². The second-order valence-electron chi connectivity index (χ2n) is 4.52. The van der Waals surface area contributed by atoms with E-state index in [0.717, 1.165) is 16.8 Å². The molecule has 98 valence electrons. The molecule has 20 heavy (non-hydrogen) atoms. The van der Waals surface area contributed by atoms with Gasteiger partial charge < -0.3 is 0 Å². The fourth-order valence-corrected chi connectivity index (χ4v) is 2.04. The van der Waals surface area contributed by atoms with Crippen LogP contribution < -0.4 is 0 Å². The molecule has 3 heteroatoms. The first-order valence-electron chi connectivity index (χ1n) is 7.81. The third-order valence-corrected chi connectivity index (χ3v) is 2.98. The van der Waals surface area contributed by atoms with E-state index in [1.54, 1.807) is 19.2 Å². The number of nitrogens with zero attached hydrogens (tertiary/aromatic N) is 3. The first kappa shape index (κ1) is 9.37. The van der Waals surface area contributed by atoms with E-state index in [9.17, 15) is 0 Å². The molecule has 0 aliphatic heterocycles. The summed E-state index contributed by atoms with van der Waals surface area (Å²) in [7, 11) is 0. The van der Waals surface area contributed by atoms with Crippen LogP contribution in [0.25, 0.3) is 22.5 Å². The van der Waals surface area contributed by atoms with Crippen molar-refractivity contribution in [2.75, 3.05) is 0 Å². The zero-order valence-electron chi connectivity index (χ0n) is 14.0. The van der Waals surface area contributed by atoms with Crippen molar-refractivity contribution < 1.29 is 4.11 Å². The lowest BCUT2D eigenvalue weighted by Gasteiger charge is -2.05. The van der Waals surface area contributed by atoms with Gasteiger partial charge in [0, 0.05) is 27.1 Å². The van der Waals surface area contributed by atoms with Crippen LogP contribution in [-0.4, -0.2) is 15.0 Å². The van der Waals surface area contributed by atoms with Gasteiger partial charge in [-0.3, -0.25) is 4.98 Å². The molecular formula is C17H15N3. The average Bonchev–Trinajstić information content (AvgIpc) is 2.54. The van der Waals surface area contributed by atoms with E-state index in [1.165, 1.54) is 0 Å². The van der Waals surface area contributed by atoms with Crippen LogP contribution in [0.1, 0.15) is 15.6 Å². The fourth-order valence-electron chi connectivity index (χ4n) is 2.04. The molecule has 0 aliphatic rings. The molecule has 0 saturated heterocycles. The van der Waals surface area contributed by atoms with Gasteiger partial charge in [0.25, 0.3) is 0 Å². The van der Waals surface area contributed by atoms with E-state index in [-0.39, 0.29) is 5.82 Å². The first-order valence-corrected chi connectivity index (χ1v) is 6.31. The number of benzene rings is 1. The van der Waals surface area contributed by atoms with Gasteiger partial charge in [-0.15, -0.1) is 0 Å². The Morgan fingerprint density at radius 2 is 1.75 bits per heavy atom. The standard InChI is InChI=1S/C17H15N3/c1-12-10-17(20-13(2)19-12)15-8-9-16(18-11-15)14-6-4-3-5-7-14/h3-11H,1-2H3/i2D3. The van der Waals surface area contributed by atoms with Gasteiger partial charge in [0.05, 0.1) is 11.4 Å². The maximum Gasteiger partial charge on any atom is 0.126 e. The van der Waals surface area contributed by atoms with Crippen LogP contribution in [0.3, 0.4) is 0 Å². The Balaban J connectivity index is 1.98. The van der Waals surface area contributed by atoms with Gasteiger partial charge in [-0.2, -0.15) is 0 Å². The number of aromatic nitrogens is 3. The van der Waals surface area contributed by atoms with Crippen LogP contribution in [0.2, 0.25) is 0 Å². The summed E-state index contributed by atoms with van der Waals surface area (Å²) in [6, 6.07) is 15.4. The quantitative estimate of drug-likeness (QED) is 0.706. The Morgan fingerprint density at radius 1 is 0.900 bits per heavy atom. The molecule has 0 spiro atoms. The van der Waals surface area contributed by atoms with Gasteiger partial charge in [-0.25, -0.2) is 9.97 Å². The highest BCUT2D eigenvalue weighted by Gasteiger charge is 2.04. The summed E-state index contributed by atoms with van der Waals surface area (Å²) in [4.78, 5) is 12.6. The molecule has 0 atom stereocenters. The lowest BCUT2D eigenvalue weighted by atomic mass is 10.1. The van der Waals surface area contributed by atoms with E-state index in [0.29, 0.717) is 11.4 Å². The molecule has 0 bridgehead atoms. The SMILES string of the molecule is [2H]C([2H])([2H])c1nc(C)cc(-c2ccc(-c3ccccc3)nc2)n1. The number of rotatable bonds is 2. The molecule has 1 aromatic carbocycles. The van der Waals surface area contributed by atoms with Crippen molar-refractivity contribution in [3.05, 3.63) is 66.2 Å². The Hall–Kier alpha value is -2.55. The van der Waals surface area contributed by atoms with E-state index >= 15 is 0 Å². The third kappa shape index (κ3) is 2.57. The van der Waals surface area contributed by atoms with Crippen LogP contribution in [0.15, 0.2) is 54.7 Å². The first-order chi connectivity index (χ1) is 10.9. The molecule has 3 aromatic rings. The number of pyridine rings is 1. The minimum Gasteiger partial charge on any atom is -0.256 e. The molecule has 0 unspecified atom stereocenters. The number of aryl methyl sites for hydroxylation is 2. The Labute approximate surface area is 122 Å². The largest absolute Gasteiger partial charge is 0.256 e. The Bertz CT molecular complexity index is 813. The van der Waals surface area contributed by atoms with Crippen LogP contribution in [0.5, 0.6) is 0 Å². The predicted molar refractivity (Wildman–Crippen MR) is 80.2 cm³/mol. The van der Waals surface area contributed by atoms with Gasteiger partial charge in [-0.1, -0.05) is 30.3 Å². The van der Waals surface area contributed by atoms with Crippen LogP contribution in [0.4, 0.5) is 0 Å². The van der Waals surface area contributed by atoms with Crippen LogP contribution >= 0.6 is 0 Å². The Kier molecular flexibility index (Phi) is 2.44. The summed E-state index contributed by atoms with van der Waals surface area (Å²) in [5.41, 5.74) is 3.84. The number of hydrogen-bond acceptors (Lipinski definition) is 3. The normalized spacial score (nSPS) is 13.3. The van der Waals surface area contributed by atoms with Crippen LogP contribution in [-0.2, 0) is 0 Å². The molecule has 2 aromatic heterocycles. The smallest absolute Gasteiger partial charge is 0.126 e. The van der Waals surface area contributed by atoms with Crippen molar-refractivity contribution >= 4 is 0 Å². The summed E-state index contributed by atoms with van der Waals surface area (Å²) in [6.07, 6.45) is 1.70. The van der Waals surface area contributed by atoms with Crippen molar-refractivity contribution in [1.82, 2.24) is 15.0 Å². The molecule has 0 N–H and O–H groups in total. The lowest BCUT2D eigenvalue weighted by molar-refractivity contribution is 1.01. The van der Waals surface area contributed by atoms with Gasteiger partial charge in [-0.05, 0) is 32.0 Å². The van der Waals surface area contributed by atoms with Crippen molar-refractivity contribution in [2.45, 2.75) is 13.8 Å². The maximum absolute atomic E-state index is 7.47.